The Hall–Kier alpha value is -1.93. The number of rotatable bonds is 6. The van der Waals surface area contributed by atoms with Crippen molar-refractivity contribution < 1.29 is 13.2 Å². The van der Waals surface area contributed by atoms with Crippen molar-refractivity contribution in [2.75, 3.05) is 51.3 Å². The lowest BCUT2D eigenvalue weighted by Crippen LogP contribution is -2.43. The Morgan fingerprint density at radius 1 is 1.07 bits per heavy atom. The maximum atomic E-state index is 13.1. The summed E-state index contributed by atoms with van der Waals surface area (Å²) in [6.45, 7) is 8.06. The van der Waals surface area contributed by atoms with Gasteiger partial charge in [0.1, 0.15) is 0 Å². The molecule has 2 aliphatic rings. The Kier molecular flexibility index (Phi) is 6.16. The number of hydrogen-bond acceptors (Lipinski definition) is 5. The molecule has 2 aromatic rings. The van der Waals surface area contributed by atoms with E-state index in [2.05, 4.69) is 39.8 Å². The van der Waals surface area contributed by atoms with E-state index in [1.54, 1.807) is 6.07 Å². The second kappa shape index (κ2) is 8.67. The summed E-state index contributed by atoms with van der Waals surface area (Å²) in [6, 6.07) is 12.1. The molecule has 0 aromatic heterocycles. The first-order valence-corrected chi connectivity index (χ1v) is 12.1. The van der Waals surface area contributed by atoms with Crippen molar-refractivity contribution in [3.05, 3.63) is 58.7 Å². The van der Waals surface area contributed by atoms with Gasteiger partial charge in [0.2, 0.25) is 10.0 Å². The number of sulfonamides is 1. The zero-order valence-corrected chi connectivity index (χ0v) is 18.8. The highest BCUT2D eigenvalue weighted by atomic mass is 32.2. The summed E-state index contributed by atoms with van der Waals surface area (Å²) in [4.78, 5) is 4.96. The predicted octanol–water partition coefficient (Wildman–Crippen LogP) is 2.65. The smallest absolute Gasteiger partial charge is 0.240 e. The Morgan fingerprint density at radius 3 is 2.60 bits per heavy atom. The second-order valence-corrected chi connectivity index (χ2v) is 10.1. The number of aryl methyl sites for hydroxylation is 2. The topological polar surface area (TPSA) is 61.9 Å². The van der Waals surface area contributed by atoms with Gasteiger partial charge in [0.25, 0.3) is 0 Å². The Balaban J connectivity index is 1.60. The average molecular weight is 430 g/mol. The molecule has 0 spiro atoms. The van der Waals surface area contributed by atoms with E-state index in [9.17, 15) is 8.42 Å². The first-order chi connectivity index (χ1) is 14.3. The average Bonchev–Trinajstić information content (AvgIpc) is 3.11. The SMILES string of the molecule is Cc1ccc(C)c(S(=O)(=O)NC[C@H](c2ccc3c(c2)CCN3C)N2CCOCC2)c1. The molecule has 0 unspecified atom stereocenters. The van der Waals surface area contributed by atoms with Gasteiger partial charge in [-0.15, -0.1) is 0 Å². The van der Waals surface area contributed by atoms with Gasteiger partial charge in [0, 0.05) is 45.0 Å². The van der Waals surface area contributed by atoms with E-state index in [0.717, 1.165) is 42.7 Å². The molecule has 0 aliphatic carbocycles. The van der Waals surface area contributed by atoms with Crippen LogP contribution >= 0.6 is 0 Å². The van der Waals surface area contributed by atoms with Gasteiger partial charge in [-0.1, -0.05) is 24.3 Å². The summed E-state index contributed by atoms with van der Waals surface area (Å²) < 4.78 is 34.6. The first kappa shape index (κ1) is 21.3. The van der Waals surface area contributed by atoms with Gasteiger partial charge >= 0.3 is 0 Å². The summed E-state index contributed by atoms with van der Waals surface area (Å²) in [6.07, 6.45) is 1.03. The van der Waals surface area contributed by atoms with Gasteiger partial charge < -0.3 is 9.64 Å². The number of ether oxygens (including phenoxy) is 1. The fourth-order valence-electron chi connectivity index (χ4n) is 4.40. The Bertz CT molecular complexity index is 1020. The van der Waals surface area contributed by atoms with E-state index < -0.39 is 10.0 Å². The van der Waals surface area contributed by atoms with Gasteiger partial charge in [-0.2, -0.15) is 0 Å². The third-order valence-corrected chi connectivity index (χ3v) is 7.77. The highest BCUT2D eigenvalue weighted by molar-refractivity contribution is 7.89. The molecule has 0 radical (unpaired) electrons. The number of nitrogens with one attached hydrogen (secondary N) is 1. The van der Waals surface area contributed by atoms with Crippen LogP contribution < -0.4 is 9.62 Å². The van der Waals surface area contributed by atoms with Crippen LogP contribution in [-0.4, -0.2) is 59.8 Å². The van der Waals surface area contributed by atoms with Crippen LogP contribution in [0.3, 0.4) is 0 Å². The monoisotopic (exact) mass is 429 g/mol. The van der Waals surface area contributed by atoms with Crippen molar-refractivity contribution in [1.29, 1.82) is 0 Å². The molecule has 2 aliphatic heterocycles. The molecule has 6 nitrogen and oxygen atoms in total. The largest absolute Gasteiger partial charge is 0.379 e. The third kappa shape index (κ3) is 4.39. The Morgan fingerprint density at radius 2 is 1.83 bits per heavy atom. The van der Waals surface area contributed by atoms with Crippen LogP contribution in [0.25, 0.3) is 0 Å². The lowest BCUT2D eigenvalue weighted by atomic mass is 10.0. The molecule has 0 bridgehead atoms. The van der Waals surface area contributed by atoms with Gasteiger partial charge in [0.05, 0.1) is 18.1 Å². The number of fused-ring (bicyclic) bond motifs is 1. The normalized spacial score (nSPS) is 18.4. The molecule has 162 valence electrons. The first-order valence-electron chi connectivity index (χ1n) is 10.6. The molecular formula is C23H31N3O3S. The highest BCUT2D eigenvalue weighted by Gasteiger charge is 2.27. The minimum absolute atomic E-state index is 0.0232. The standard InChI is InChI=1S/C23H31N3O3S/c1-17-4-5-18(2)23(14-17)30(27,28)24-16-22(26-10-12-29-13-11-26)19-6-7-21-20(15-19)8-9-25(21)3/h4-7,14-15,22,24H,8-13,16H2,1-3H3/t22-/m1/s1. The second-order valence-electron chi connectivity index (χ2n) is 8.34. The Labute approximate surface area is 179 Å². The van der Waals surface area contributed by atoms with Crippen LogP contribution in [0.1, 0.15) is 28.3 Å². The van der Waals surface area contributed by atoms with E-state index in [1.165, 1.54) is 11.3 Å². The van der Waals surface area contributed by atoms with Crippen molar-refractivity contribution in [1.82, 2.24) is 9.62 Å². The number of likely N-dealkylation sites (N-methyl/N-ethyl adjacent to an activating group) is 1. The number of nitrogens with zero attached hydrogens (tertiary/aromatic N) is 2. The van der Waals surface area contributed by atoms with Crippen molar-refractivity contribution in [2.24, 2.45) is 0 Å². The lowest BCUT2D eigenvalue weighted by Gasteiger charge is -2.35. The fraction of sp³-hybridized carbons (Fsp3) is 0.478. The van der Waals surface area contributed by atoms with Crippen molar-refractivity contribution >= 4 is 15.7 Å². The number of anilines is 1. The molecule has 1 atom stereocenters. The van der Waals surface area contributed by atoms with E-state index in [1.807, 2.05) is 26.0 Å². The van der Waals surface area contributed by atoms with Crippen LogP contribution in [0.2, 0.25) is 0 Å². The summed E-state index contributed by atoms with van der Waals surface area (Å²) in [5.41, 5.74) is 5.47. The van der Waals surface area contributed by atoms with Crippen LogP contribution in [0.4, 0.5) is 5.69 Å². The lowest BCUT2D eigenvalue weighted by molar-refractivity contribution is 0.0172. The van der Waals surface area contributed by atoms with E-state index in [4.69, 9.17) is 4.74 Å². The molecule has 7 heteroatoms. The van der Waals surface area contributed by atoms with Crippen LogP contribution in [0.15, 0.2) is 41.3 Å². The van der Waals surface area contributed by atoms with Gasteiger partial charge in [-0.3, -0.25) is 4.90 Å². The number of hydrogen-bond donors (Lipinski definition) is 1. The molecule has 2 aromatic carbocycles. The molecule has 0 saturated carbocycles. The fourth-order valence-corrected chi connectivity index (χ4v) is 5.77. The van der Waals surface area contributed by atoms with Crippen molar-refractivity contribution in [2.45, 2.75) is 31.2 Å². The predicted molar refractivity (Wildman–Crippen MR) is 120 cm³/mol. The van der Waals surface area contributed by atoms with Gasteiger partial charge in [0.15, 0.2) is 0 Å². The van der Waals surface area contributed by atoms with Gasteiger partial charge in [-0.05, 0) is 54.7 Å². The zero-order valence-electron chi connectivity index (χ0n) is 18.0. The zero-order chi connectivity index (χ0) is 21.3. The van der Waals surface area contributed by atoms with Crippen molar-refractivity contribution in [3.63, 3.8) is 0 Å². The van der Waals surface area contributed by atoms with E-state index in [-0.39, 0.29) is 6.04 Å². The quantitative estimate of drug-likeness (QED) is 0.765. The molecule has 0 amide bonds. The molecule has 2 heterocycles. The maximum Gasteiger partial charge on any atom is 0.240 e. The number of morpholine rings is 1. The maximum absolute atomic E-state index is 13.1. The molecule has 30 heavy (non-hydrogen) atoms. The molecule has 4 rings (SSSR count). The minimum atomic E-state index is -3.59. The third-order valence-electron chi connectivity index (χ3n) is 6.20. The van der Waals surface area contributed by atoms with E-state index >= 15 is 0 Å². The summed E-state index contributed by atoms with van der Waals surface area (Å²) in [5.74, 6) is 0. The minimum Gasteiger partial charge on any atom is -0.379 e. The van der Waals surface area contributed by atoms with Gasteiger partial charge in [-0.25, -0.2) is 13.1 Å². The molecule has 1 fully saturated rings. The van der Waals surface area contributed by atoms with Crippen LogP contribution in [0.5, 0.6) is 0 Å². The highest BCUT2D eigenvalue weighted by Crippen LogP contribution is 2.31. The molecule has 1 N–H and O–H groups in total. The van der Waals surface area contributed by atoms with Crippen molar-refractivity contribution in [3.8, 4) is 0 Å². The van der Waals surface area contributed by atoms with E-state index in [0.29, 0.717) is 24.7 Å². The van der Waals surface area contributed by atoms with Crippen LogP contribution in [-0.2, 0) is 21.2 Å². The summed E-state index contributed by atoms with van der Waals surface area (Å²) in [5, 5.41) is 0. The summed E-state index contributed by atoms with van der Waals surface area (Å²) >= 11 is 0. The van der Waals surface area contributed by atoms with Crippen LogP contribution in [0, 0.1) is 13.8 Å². The number of benzene rings is 2. The summed E-state index contributed by atoms with van der Waals surface area (Å²) in [7, 11) is -1.48. The molecule has 1 saturated heterocycles. The molecular weight excluding hydrogens is 398 g/mol.